The van der Waals surface area contributed by atoms with Crippen molar-refractivity contribution in [2.75, 3.05) is 14.2 Å². The number of benzene rings is 3. The lowest BCUT2D eigenvalue weighted by atomic mass is 10.2. The van der Waals surface area contributed by atoms with Gasteiger partial charge >= 0.3 is 5.69 Å². The zero-order chi connectivity index (χ0) is 28.5. The molecule has 0 bridgehead atoms. The van der Waals surface area contributed by atoms with Gasteiger partial charge in [0, 0.05) is 17.7 Å². The summed E-state index contributed by atoms with van der Waals surface area (Å²) in [6.45, 7) is 0.652. The molecule has 6 rings (SSSR count). The monoisotopic (exact) mass is 549 g/mol. The summed E-state index contributed by atoms with van der Waals surface area (Å²) in [5.41, 5.74) is 3.03. The van der Waals surface area contributed by atoms with Crippen molar-refractivity contribution in [3.05, 3.63) is 111 Å². The Labute approximate surface area is 233 Å². The average Bonchev–Trinajstić information content (AvgIpc) is 3.47. The standard InChI is InChI=1S/C29H23N7O5/c1-40-22-11-3-18(4-12-22)15-34-17-30-24-25-28(35(29(37)31-25)16-19-5-13-23(41-2)14-6-19)33-26(32-27(24)34)20-7-9-21(10-8-20)36(38)39/h3-14,17H,15-16H2,1-2H3. The maximum atomic E-state index is 13.2. The predicted molar refractivity (Wildman–Crippen MR) is 150 cm³/mol. The average molecular weight is 550 g/mol. The number of nitro benzene ring substituents is 1. The van der Waals surface area contributed by atoms with Crippen molar-refractivity contribution in [2.24, 2.45) is 0 Å². The van der Waals surface area contributed by atoms with Crippen LogP contribution in [0.3, 0.4) is 0 Å². The summed E-state index contributed by atoms with van der Waals surface area (Å²) >= 11 is 0. The van der Waals surface area contributed by atoms with Crippen LogP contribution < -0.4 is 15.2 Å². The van der Waals surface area contributed by atoms with Gasteiger partial charge in [0.2, 0.25) is 0 Å². The third-order valence-corrected chi connectivity index (χ3v) is 6.71. The van der Waals surface area contributed by atoms with Crippen LogP contribution >= 0.6 is 0 Å². The number of imidazole rings is 2. The molecule has 0 saturated carbocycles. The van der Waals surface area contributed by atoms with Gasteiger partial charge in [-0.15, -0.1) is 0 Å². The second kappa shape index (κ2) is 10.5. The van der Waals surface area contributed by atoms with Gasteiger partial charge in [-0.2, -0.15) is 4.98 Å². The minimum absolute atomic E-state index is 0.0553. The third kappa shape index (κ3) is 4.93. The summed E-state index contributed by atoms with van der Waals surface area (Å²) in [5, 5.41) is 11.2. The molecule has 0 saturated heterocycles. The van der Waals surface area contributed by atoms with Crippen LogP contribution in [0, 0.1) is 10.1 Å². The molecule has 0 N–H and O–H groups in total. The molecular weight excluding hydrogens is 526 g/mol. The van der Waals surface area contributed by atoms with E-state index in [0.717, 1.165) is 16.9 Å². The number of nitrogens with zero attached hydrogens (tertiary/aromatic N) is 7. The van der Waals surface area contributed by atoms with E-state index < -0.39 is 10.6 Å². The van der Waals surface area contributed by atoms with Gasteiger partial charge in [-0.1, -0.05) is 24.3 Å². The number of hydrogen-bond donors (Lipinski definition) is 0. The van der Waals surface area contributed by atoms with Gasteiger partial charge in [0.05, 0.1) is 38.6 Å². The van der Waals surface area contributed by atoms with E-state index in [1.807, 2.05) is 53.1 Å². The molecule has 1 aromatic heterocycles. The van der Waals surface area contributed by atoms with Gasteiger partial charge in [-0.3, -0.25) is 14.7 Å². The Morgan fingerprint density at radius 1 is 0.805 bits per heavy atom. The second-order valence-corrected chi connectivity index (χ2v) is 9.24. The largest absolute Gasteiger partial charge is 0.497 e. The van der Waals surface area contributed by atoms with E-state index in [-0.39, 0.29) is 18.1 Å². The smallest absolute Gasteiger partial charge is 0.350 e. The van der Waals surface area contributed by atoms with Gasteiger partial charge in [-0.25, -0.2) is 19.7 Å². The molecule has 2 aliphatic heterocycles. The molecule has 4 aromatic rings. The summed E-state index contributed by atoms with van der Waals surface area (Å²) in [6, 6.07) is 20.9. The quantitative estimate of drug-likeness (QED) is 0.202. The molecule has 12 heteroatoms. The van der Waals surface area contributed by atoms with Crippen LogP contribution in [-0.2, 0) is 13.1 Å². The van der Waals surface area contributed by atoms with Crippen molar-refractivity contribution in [1.82, 2.24) is 29.1 Å². The number of fused-ring (bicyclic) bond motifs is 3. The lowest BCUT2D eigenvalue weighted by Crippen LogP contribution is -2.18. The highest BCUT2D eigenvalue weighted by atomic mass is 16.6. The van der Waals surface area contributed by atoms with Crippen molar-refractivity contribution in [2.45, 2.75) is 13.1 Å². The fourth-order valence-electron chi connectivity index (χ4n) is 4.54. The molecule has 0 aliphatic carbocycles. The number of hydrogen-bond acceptors (Lipinski definition) is 9. The van der Waals surface area contributed by atoms with Gasteiger partial charge in [0.1, 0.15) is 22.7 Å². The van der Waals surface area contributed by atoms with Crippen LogP contribution in [-0.4, -0.2) is 48.2 Å². The number of non-ortho nitro benzene ring substituents is 1. The topological polar surface area (TPSA) is 140 Å². The number of aromatic nitrogens is 6. The van der Waals surface area contributed by atoms with Gasteiger partial charge < -0.3 is 14.0 Å². The summed E-state index contributed by atoms with van der Waals surface area (Å²) in [7, 11) is 3.20. The van der Waals surface area contributed by atoms with Crippen LogP contribution in [0.15, 0.2) is 83.9 Å². The Kier molecular flexibility index (Phi) is 6.55. The highest BCUT2D eigenvalue weighted by Gasteiger charge is 2.24. The molecular formula is C29H23N7O5. The van der Waals surface area contributed by atoms with Gasteiger partial charge in [0.25, 0.3) is 5.69 Å². The Hall–Kier alpha value is -5.65. The molecule has 0 radical (unpaired) electrons. The molecule has 0 unspecified atom stereocenters. The molecule has 0 spiro atoms. The molecule has 12 nitrogen and oxygen atoms in total. The van der Waals surface area contributed by atoms with E-state index in [1.54, 1.807) is 32.7 Å². The number of ether oxygens (including phenoxy) is 2. The van der Waals surface area contributed by atoms with Crippen molar-refractivity contribution in [1.29, 1.82) is 0 Å². The van der Waals surface area contributed by atoms with Crippen molar-refractivity contribution in [3.63, 3.8) is 0 Å². The van der Waals surface area contributed by atoms with Gasteiger partial charge in [0.15, 0.2) is 17.3 Å². The van der Waals surface area contributed by atoms with Crippen LogP contribution in [0.25, 0.3) is 34.1 Å². The molecule has 0 fully saturated rings. The molecule has 0 atom stereocenters. The summed E-state index contributed by atoms with van der Waals surface area (Å²) in [4.78, 5) is 42.5. The molecule has 2 aliphatic rings. The lowest BCUT2D eigenvalue weighted by molar-refractivity contribution is -0.384. The molecule has 0 amide bonds. The normalized spacial score (nSPS) is 11.2. The maximum Gasteiger partial charge on any atom is 0.350 e. The highest BCUT2D eigenvalue weighted by molar-refractivity contribution is 5.86. The first-order chi connectivity index (χ1) is 19.9. The number of rotatable bonds is 8. The van der Waals surface area contributed by atoms with Crippen molar-refractivity contribution < 1.29 is 14.4 Å². The first kappa shape index (κ1) is 25.6. The van der Waals surface area contributed by atoms with E-state index in [9.17, 15) is 14.9 Å². The van der Waals surface area contributed by atoms with Crippen molar-refractivity contribution >= 4 is 16.9 Å². The van der Waals surface area contributed by atoms with E-state index >= 15 is 0 Å². The fraction of sp³-hybridized carbons (Fsp3) is 0.138. The SMILES string of the molecule is COc1ccc(Cn2c3nc(-c4ccc([N+](=O)[O-])cc4)nc4c(ncn4Cc4ccc(OC)cc4)c-3nc2=O)cc1. The Morgan fingerprint density at radius 2 is 1.41 bits per heavy atom. The first-order valence-electron chi connectivity index (χ1n) is 12.6. The molecule has 3 heterocycles. The second-order valence-electron chi connectivity index (χ2n) is 9.24. The summed E-state index contributed by atoms with van der Waals surface area (Å²) in [5.74, 6) is 2.01. The Morgan fingerprint density at radius 3 is 2.00 bits per heavy atom. The minimum atomic E-state index is -0.477. The summed E-state index contributed by atoms with van der Waals surface area (Å²) in [6.07, 6.45) is 1.65. The van der Waals surface area contributed by atoms with E-state index in [2.05, 4.69) is 9.97 Å². The number of nitro groups is 1. The van der Waals surface area contributed by atoms with E-state index in [0.29, 0.717) is 40.5 Å². The minimum Gasteiger partial charge on any atom is -0.497 e. The van der Waals surface area contributed by atoms with Crippen molar-refractivity contribution in [3.8, 4) is 34.4 Å². The Bertz CT molecular complexity index is 1900. The maximum absolute atomic E-state index is 13.2. The third-order valence-electron chi connectivity index (χ3n) is 6.71. The molecule has 3 aromatic carbocycles. The first-order valence-corrected chi connectivity index (χ1v) is 12.6. The Balaban J connectivity index is 1.52. The van der Waals surface area contributed by atoms with Crippen LogP contribution in [0.2, 0.25) is 0 Å². The zero-order valence-corrected chi connectivity index (χ0v) is 22.1. The van der Waals surface area contributed by atoms with Crippen LogP contribution in [0.4, 0.5) is 5.69 Å². The lowest BCUT2D eigenvalue weighted by Gasteiger charge is -2.06. The highest BCUT2D eigenvalue weighted by Crippen LogP contribution is 2.29. The predicted octanol–water partition coefficient (Wildman–Crippen LogP) is 4.18. The van der Waals surface area contributed by atoms with E-state index in [1.165, 1.54) is 16.7 Å². The molecule has 41 heavy (non-hydrogen) atoms. The van der Waals surface area contributed by atoms with Gasteiger partial charge in [-0.05, 0) is 47.5 Å². The molecule has 204 valence electrons. The number of methoxy groups -OCH3 is 2. The van der Waals surface area contributed by atoms with Crippen LogP contribution in [0.5, 0.6) is 11.5 Å². The van der Waals surface area contributed by atoms with Crippen LogP contribution in [0.1, 0.15) is 11.1 Å². The van der Waals surface area contributed by atoms with E-state index in [4.69, 9.17) is 19.4 Å². The summed E-state index contributed by atoms with van der Waals surface area (Å²) < 4.78 is 13.8. The fourth-order valence-corrected chi connectivity index (χ4v) is 4.54. The zero-order valence-electron chi connectivity index (χ0n) is 22.1.